The highest BCUT2D eigenvalue weighted by molar-refractivity contribution is 4.85. The Bertz CT molecular complexity index is 129. The van der Waals surface area contributed by atoms with E-state index in [9.17, 15) is 0 Å². The molecule has 6 heteroatoms. The van der Waals surface area contributed by atoms with Crippen molar-refractivity contribution < 1.29 is 25.2 Å². The van der Waals surface area contributed by atoms with Crippen LogP contribution in [0.4, 0.5) is 0 Å². The lowest BCUT2D eigenvalue weighted by Crippen LogP contribution is -2.60. The normalized spacial score (nSPS) is 52.6. The maximum Gasteiger partial charge on any atom is 0.185 e. The van der Waals surface area contributed by atoms with Gasteiger partial charge in [0, 0.05) is 0 Å². The van der Waals surface area contributed by atoms with Gasteiger partial charge in [-0.1, -0.05) is 0 Å². The molecule has 0 amide bonds. The van der Waals surface area contributed by atoms with Crippen molar-refractivity contribution in [3.8, 4) is 0 Å². The fourth-order valence-corrected chi connectivity index (χ4v) is 0.887. The molecule has 0 aromatic rings. The third-order valence-electron chi connectivity index (χ3n) is 1.63. The van der Waals surface area contributed by atoms with Crippen LogP contribution in [0.1, 0.15) is 0 Å². The van der Waals surface area contributed by atoms with Crippen LogP contribution in [0.2, 0.25) is 0 Å². The predicted molar refractivity (Wildman–Crippen MR) is 33.1 cm³/mol. The van der Waals surface area contributed by atoms with Gasteiger partial charge in [-0.25, -0.2) is 0 Å². The van der Waals surface area contributed by atoms with Crippen LogP contribution in [0.3, 0.4) is 0 Å². The van der Waals surface area contributed by atoms with E-state index in [0.717, 1.165) is 0 Å². The number of aliphatic hydroxyl groups excluding tert-OH is 4. The molecule has 1 aliphatic rings. The van der Waals surface area contributed by atoms with Crippen molar-refractivity contribution in [1.82, 2.24) is 0 Å². The van der Waals surface area contributed by atoms with E-state index in [2.05, 4.69) is 4.74 Å². The lowest BCUT2D eigenvalue weighted by atomic mass is 10.0. The smallest absolute Gasteiger partial charge is 0.185 e. The number of rotatable bonds is 0. The van der Waals surface area contributed by atoms with Crippen molar-refractivity contribution in [3.63, 3.8) is 0 Å². The molecular weight excluding hydrogens is 154 g/mol. The summed E-state index contributed by atoms with van der Waals surface area (Å²) < 4.78 is 4.45. The summed E-state index contributed by atoms with van der Waals surface area (Å²) in [6.45, 7) is 0. The molecule has 5 atom stereocenters. The molecule has 1 fully saturated rings. The van der Waals surface area contributed by atoms with Crippen molar-refractivity contribution in [1.29, 1.82) is 0 Å². The van der Waals surface area contributed by atoms with Crippen LogP contribution >= 0.6 is 0 Å². The van der Waals surface area contributed by atoms with Gasteiger partial charge in [0.2, 0.25) is 0 Å². The molecule has 1 saturated heterocycles. The summed E-state index contributed by atoms with van der Waals surface area (Å²) in [6.07, 6.45) is -7.04. The molecule has 0 bridgehead atoms. The minimum Gasteiger partial charge on any atom is -0.387 e. The minimum absolute atomic E-state index is 1.16. The Hall–Kier alpha value is -0.240. The molecule has 66 valence electrons. The van der Waals surface area contributed by atoms with Crippen molar-refractivity contribution in [2.75, 3.05) is 0 Å². The number of aliphatic hydroxyl groups is 4. The average Bonchev–Trinajstić information content (AvgIpc) is 1.97. The summed E-state index contributed by atoms with van der Waals surface area (Å²) in [7, 11) is 0. The Morgan fingerprint density at radius 1 is 0.909 bits per heavy atom. The molecule has 6 N–H and O–H groups in total. The van der Waals surface area contributed by atoms with Gasteiger partial charge in [0.05, 0.1) is 0 Å². The molecule has 1 rings (SSSR count). The van der Waals surface area contributed by atoms with Gasteiger partial charge < -0.3 is 30.9 Å². The summed E-state index contributed by atoms with van der Waals surface area (Å²) in [5, 5.41) is 35.6. The van der Waals surface area contributed by atoms with E-state index >= 15 is 0 Å². The topological polar surface area (TPSA) is 116 Å². The molecule has 0 aromatic heterocycles. The summed E-state index contributed by atoms with van der Waals surface area (Å²) >= 11 is 0. The zero-order valence-electron chi connectivity index (χ0n) is 5.66. The van der Waals surface area contributed by atoms with Gasteiger partial charge in [-0.05, 0) is 0 Å². The number of ether oxygens (including phenoxy) is 1. The second-order valence-corrected chi connectivity index (χ2v) is 2.46. The quantitative estimate of drug-likeness (QED) is 0.257. The summed E-state index contributed by atoms with van der Waals surface area (Å²) in [5.41, 5.74) is 5.12. The highest BCUT2D eigenvalue weighted by Crippen LogP contribution is 2.16. The molecule has 11 heavy (non-hydrogen) atoms. The van der Waals surface area contributed by atoms with Gasteiger partial charge in [-0.3, -0.25) is 0 Å². The molecule has 0 saturated carbocycles. The Morgan fingerprint density at radius 3 is 2.00 bits per heavy atom. The van der Waals surface area contributed by atoms with Crippen LogP contribution < -0.4 is 5.73 Å². The number of hydrogen-bond acceptors (Lipinski definition) is 6. The van der Waals surface area contributed by atoms with E-state index in [-0.39, 0.29) is 0 Å². The highest BCUT2D eigenvalue weighted by atomic mass is 16.6. The summed E-state index contributed by atoms with van der Waals surface area (Å²) in [4.78, 5) is 0. The van der Waals surface area contributed by atoms with E-state index in [4.69, 9.17) is 26.2 Å². The van der Waals surface area contributed by atoms with Crippen LogP contribution in [0.15, 0.2) is 0 Å². The molecule has 1 heterocycles. The van der Waals surface area contributed by atoms with Crippen molar-refractivity contribution in [3.05, 3.63) is 0 Å². The maximum atomic E-state index is 8.97. The highest BCUT2D eigenvalue weighted by Gasteiger charge is 2.41. The van der Waals surface area contributed by atoms with E-state index in [1.165, 1.54) is 0 Å². The minimum atomic E-state index is -1.54. The van der Waals surface area contributed by atoms with Gasteiger partial charge in [0.15, 0.2) is 6.29 Å². The van der Waals surface area contributed by atoms with Crippen molar-refractivity contribution in [2.24, 2.45) is 5.73 Å². The van der Waals surface area contributed by atoms with Crippen LogP contribution in [0, 0.1) is 0 Å². The fourth-order valence-electron chi connectivity index (χ4n) is 0.887. The first-order chi connectivity index (χ1) is 5.04. The molecule has 1 aliphatic heterocycles. The average molecular weight is 165 g/mol. The maximum absolute atomic E-state index is 8.97. The van der Waals surface area contributed by atoms with E-state index in [0.29, 0.717) is 0 Å². The van der Waals surface area contributed by atoms with Crippen LogP contribution in [0.5, 0.6) is 0 Å². The van der Waals surface area contributed by atoms with Gasteiger partial charge in [0.25, 0.3) is 0 Å². The second-order valence-electron chi connectivity index (χ2n) is 2.46. The number of hydrogen-bond donors (Lipinski definition) is 5. The largest absolute Gasteiger partial charge is 0.387 e. The molecule has 0 aromatic carbocycles. The first-order valence-electron chi connectivity index (χ1n) is 3.17. The van der Waals surface area contributed by atoms with Crippen LogP contribution in [-0.2, 0) is 4.74 Å². The lowest BCUT2D eigenvalue weighted by molar-refractivity contribution is -0.280. The van der Waals surface area contributed by atoms with Gasteiger partial charge in [0.1, 0.15) is 24.5 Å². The summed E-state index contributed by atoms with van der Waals surface area (Å²) in [5.74, 6) is 0. The first kappa shape index (κ1) is 8.85. The van der Waals surface area contributed by atoms with Crippen LogP contribution in [0.25, 0.3) is 0 Å². The van der Waals surface area contributed by atoms with E-state index in [1.54, 1.807) is 0 Å². The fraction of sp³-hybridized carbons (Fsp3) is 1.00. The van der Waals surface area contributed by atoms with Gasteiger partial charge in [-0.2, -0.15) is 0 Å². The third kappa shape index (κ3) is 1.51. The standard InChI is InChI=1S/C5H11NO5/c6-4-2(8)1(7)3(9)5(10)11-4/h1-5,7-10H,6H2. The molecule has 5 unspecified atom stereocenters. The lowest BCUT2D eigenvalue weighted by Gasteiger charge is -2.36. The molecule has 0 radical (unpaired) electrons. The first-order valence-corrected chi connectivity index (χ1v) is 3.17. The van der Waals surface area contributed by atoms with Gasteiger partial charge >= 0.3 is 0 Å². The Kier molecular flexibility index (Phi) is 2.43. The van der Waals surface area contributed by atoms with E-state index < -0.39 is 30.8 Å². The van der Waals surface area contributed by atoms with Gasteiger partial charge in [-0.15, -0.1) is 0 Å². The Balaban J connectivity index is 2.63. The molecule has 0 aliphatic carbocycles. The van der Waals surface area contributed by atoms with Crippen LogP contribution in [-0.4, -0.2) is 51.3 Å². The third-order valence-corrected chi connectivity index (χ3v) is 1.63. The zero-order chi connectivity index (χ0) is 8.59. The summed E-state index contributed by atoms with van der Waals surface area (Å²) in [6, 6.07) is 0. The second kappa shape index (κ2) is 3.02. The molecule has 6 nitrogen and oxygen atoms in total. The Labute approximate surface area is 62.8 Å². The zero-order valence-corrected chi connectivity index (χ0v) is 5.66. The number of nitrogens with two attached hydrogens (primary N) is 1. The van der Waals surface area contributed by atoms with Crippen molar-refractivity contribution in [2.45, 2.75) is 30.8 Å². The van der Waals surface area contributed by atoms with Crippen molar-refractivity contribution >= 4 is 0 Å². The predicted octanol–water partition coefficient (Wildman–Crippen LogP) is -3.30. The molecule has 0 spiro atoms. The van der Waals surface area contributed by atoms with E-state index in [1.807, 2.05) is 0 Å². The molecular formula is C5H11NO5. The SMILES string of the molecule is NC1OC(O)C(O)C(O)C1O. The Morgan fingerprint density at radius 2 is 1.45 bits per heavy atom. The monoisotopic (exact) mass is 165 g/mol.